The van der Waals surface area contributed by atoms with Gasteiger partial charge in [-0.2, -0.15) is 0 Å². The van der Waals surface area contributed by atoms with E-state index in [4.69, 9.17) is 4.74 Å². The first-order valence-corrected chi connectivity index (χ1v) is 12.4. The van der Waals surface area contributed by atoms with Crippen LogP contribution in [0, 0.1) is 46.0 Å². The first-order chi connectivity index (χ1) is 16.4. The molecular formula is C27H31F3O5. The van der Waals surface area contributed by atoms with E-state index >= 15 is 0 Å². The minimum atomic E-state index is -1.82. The molecule has 2 N–H and O–H groups in total. The zero-order valence-electron chi connectivity index (χ0n) is 20.0. The molecule has 190 valence electrons. The van der Waals surface area contributed by atoms with E-state index in [0.29, 0.717) is 31.4 Å². The smallest absolute Gasteiger partial charge is 0.202 e. The lowest BCUT2D eigenvalue weighted by Crippen LogP contribution is -2.62. The quantitative estimate of drug-likeness (QED) is 0.656. The zero-order valence-corrected chi connectivity index (χ0v) is 20.0. The first kappa shape index (κ1) is 24.5. The van der Waals surface area contributed by atoms with Gasteiger partial charge in [-0.1, -0.05) is 19.4 Å². The highest BCUT2D eigenvalue weighted by Gasteiger charge is 2.68. The molecule has 1 aromatic rings. The first-order valence-electron chi connectivity index (χ1n) is 12.4. The van der Waals surface area contributed by atoms with Crippen molar-refractivity contribution in [2.75, 3.05) is 6.61 Å². The van der Waals surface area contributed by atoms with Crippen molar-refractivity contribution in [3.63, 3.8) is 0 Å². The molecule has 35 heavy (non-hydrogen) atoms. The van der Waals surface area contributed by atoms with Gasteiger partial charge in [0.15, 0.2) is 23.2 Å². The topological polar surface area (TPSA) is 83.8 Å². The van der Waals surface area contributed by atoms with Gasteiger partial charge in [0.2, 0.25) is 5.78 Å². The number of Topliss-reactive ketones (excluding diaryl/α,β-unsaturated/α-hetero) is 1. The van der Waals surface area contributed by atoms with Gasteiger partial charge in [-0.3, -0.25) is 9.59 Å². The van der Waals surface area contributed by atoms with Crippen LogP contribution in [-0.4, -0.2) is 40.1 Å². The molecule has 5 rings (SSSR count). The molecule has 0 heterocycles. The lowest BCUT2D eigenvalue weighted by atomic mass is 9.45. The Balaban J connectivity index is 1.40. The molecule has 0 radical (unpaired) electrons. The van der Waals surface area contributed by atoms with Gasteiger partial charge >= 0.3 is 0 Å². The molecule has 5 unspecified atom stereocenters. The summed E-state index contributed by atoms with van der Waals surface area (Å²) in [6.45, 7) is 3.17. The van der Waals surface area contributed by atoms with Crippen molar-refractivity contribution in [2.45, 2.75) is 70.5 Å². The molecule has 0 amide bonds. The number of aliphatic hydroxyl groups excluding tert-OH is 1. The van der Waals surface area contributed by atoms with E-state index in [1.54, 1.807) is 6.08 Å². The number of ketones is 2. The molecule has 1 aromatic carbocycles. The van der Waals surface area contributed by atoms with Gasteiger partial charge in [0.1, 0.15) is 18.0 Å². The van der Waals surface area contributed by atoms with Gasteiger partial charge < -0.3 is 14.9 Å². The molecule has 4 aliphatic carbocycles. The van der Waals surface area contributed by atoms with Gasteiger partial charge in [-0.25, -0.2) is 13.2 Å². The van der Waals surface area contributed by atoms with Gasteiger partial charge in [-0.05, 0) is 67.8 Å². The number of aliphatic hydroxyl groups is 2. The number of halogens is 3. The fraction of sp³-hybridized carbons (Fsp3) is 0.630. The maximum atomic E-state index is 14.0. The summed E-state index contributed by atoms with van der Waals surface area (Å²) in [7, 11) is 0. The lowest BCUT2D eigenvalue weighted by molar-refractivity contribution is -0.181. The predicted molar refractivity (Wildman–Crippen MR) is 120 cm³/mol. The third kappa shape index (κ3) is 3.50. The van der Waals surface area contributed by atoms with E-state index in [9.17, 15) is 33.0 Å². The minimum absolute atomic E-state index is 0.0276. The van der Waals surface area contributed by atoms with Crippen LogP contribution < -0.4 is 4.74 Å². The van der Waals surface area contributed by atoms with Gasteiger partial charge in [0.05, 0.1) is 6.10 Å². The Hall–Kier alpha value is -2.19. The Kier molecular flexibility index (Phi) is 5.72. The molecule has 3 saturated carbocycles. The number of hydrogen-bond donors (Lipinski definition) is 2. The molecule has 0 aliphatic heterocycles. The highest BCUT2D eigenvalue weighted by molar-refractivity contribution is 5.92. The second kappa shape index (κ2) is 8.17. The number of rotatable bonds is 4. The van der Waals surface area contributed by atoms with Gasteiger partial charge in [0, 0.05) is 24.0 Å². The number of ether oxygens (including phenoxy) is 1. The largest absolute Gasteiger partial charge is 0.480 e. The summed E-state index contributed by atoms with van der Waals surface area (Å²) in [5, 5.41) is 23.1. The summed E-state index contributed by atoms with van der Waals surface area (Å²) in [6, 6.07) is 0.931. The second-order valence-corrected chi connectivity index (χ2v) is 11.4. The maximum Gasteiger partial charge on any atom is 0.202 e. The third-order valence-corrected chi connectivity index (χ3v) is 9.82. The molecule has 4 aliphatic rings. The molecule has 0 bridgehead atoms. The minimum Gasteiger partial charge on any atom is -0.480 e. The number of benzene rings is 1. The number of allylic oxidation sites excluding steroid dienone is 1. The summed E-state index contributed by atoms with van der Waals surface area (Å²) >= 11 is 0. The summed E-state index contributed by atoms with van der Waals surface area (Å²) in [5.74, 6) is -5.09. The number of fused-ring (bicyclic) bond motifs is 5. The Bertz CT molecular complexity index is 1100. The molecule has 0 aromatic heterocycles. The fourth-order valence-corrected chi connectivity index (χ4v) is 8.07. The predicted octanol–water partition coefficient (Wildman–Crippen LogP) is 4.29. The standard InChI is InChI=1S/C27H31F3O5/c1-25-7-5-16(31)9-14(25)3-4-17-18-6-8-27(34,26(18,2)12-21(32)23(17)25)22(33)13-35-24-19(29)10-15(28)11-20(24)30/h9-11,17-18,21,23,32,34H,3-8,12-13H2,1-2H3/t17?,18?,21-,23?,25?,26?,27-/m0/s1. The van der Waals surface area contributed by atoms with Crippen LogP contribution in [0.5, 0.6) is 5.75 Å². The fourth-order valence-electron chi connectivity index (χ4n) is 8.07. The van der Waals surface area contributed by atoms with Crippen molar-refractivity contribution in [3.8, 4) is 5.75 Å². The SMILES string of the molecule is CC12CCC(=O)C=C1CCC1C2[C@@H](O)CC2(C)C1CC[C@]2(O)C(=O)COc1c(F)cc(F)cc1F. The van der Waals surface area contributed by atoms with E-state index in [1.165, 1.54) is 0 Å². The van der Waals surface area contributed by atoms with Crippen LogP contribution in [0.25, 0.3) is 0 Å². The summed E-state index contributed by atoms with van der Waals surface area (Å²) in [6.07, 6.45) is 4.59. The monoisotopic (exact) mass is 492 g/mol. The van der Waals surface area contributed by atoms with Crippen LogP contribution in [0.1, 0.15) is 58.8 Å². The van der Waals surface area contributed by atoms with Crippen molar-refractivity contribution in [1.29, 1.82) is 0 Å². The Morgan fingerprint density at radius 1 is 1.11 bits per heavy atom. The van der Waals surface area contributed by atoms with E-state index in [-0.39, 0.29) is 41.8 Å². The van der Waals surface area contributed by atoms with Crippen LogP contribution in [0.4, 0.5) is 13.2 Å². The van der Waals surface area contributed by atoms with Crippen molar-refractivity contribution in [2.24, 2.45) is 28.6 Å². The van der Waals surface area contributed by atoms with Crippen LogP contribution in [-0.2, 0) is 9.59 Å². The van der Waals surface area contributed by atoms with E-state index in [0.717, 1.165) is 18.4 Å². The van der Waals surface area contributed by atoms with E-state index < -0.39 is 52.7 Å². The van der Waals surface area contributed by atoms with Crippen LogP contribution >= 0.6 is 0 Å². The highest BCUT2D eigenvalue weighted by Crippen LogP contribution is 2.67. The van der Waals surface area contributed by atoms with Crippen LogP contribution in [0.15, 0.2) is 23.8 Å². The third-order valence-electron chi connectivity index (χ3n) is 9.82. The lowest BCUT2D eigenvalue weighted by Gasteiger charge is -2.60. The summed E-state index contributed by atoms with van der Waals surface area (Å²) in [4.78, 5) is 25.3. The Morgan fingerprint density at radius 3 is 2.49 bits per heavy atom. The summed E-state index contributed by atoms with van der Waals surface area (Å²) in [5.41, 5.74) is -1.95. The van der Waals surface area contributed by atoms with Gasteiger partial charge in [-0.15, -0.1) is 0 Å². The zero-order chi connectivity index (χ0) is 25.3. The number of carbonyl (C=O) groups excluding carboxylic acids is 2. The molecule has 3 fully saturated rings. The van der Waals surface area contributed by atoms with Gasteiger partial charge in [0.25, 0.3) is 0 Å². The average Bonchev–Trinajstić information content (AvgIpc) is 3.04. The Morgan fingerprint density at radius 2 is 1.80 bits per heavy atom. The van der Waals surface area contributed by atoms with Crippen molar-refractivity contribution >= 4 is 11.6 Å². The van der Waals surface area contributed by atoms with Crippen LogP contribution in [0.2, 0.25) is 0 Å². The van der Waals surface area contributed by atoms with Crippen LogP contribution in [0.3, 0.4) is 0 Å². The van der Waals surface area contributed by atoms with E-state index in [2.05, 4.69) is 6.92 Å². The van der Waals surface area contributed by atoms with E-state index in [1.807, 2.05) is 6.92 Å². The molecule has 7 atom stereocenters. The molecule has 8 heteroatoms. The number of carbonyl (C=O) groups is 2. The second-order valence-electron chi connectivity index (χ2n) is 11.4. The number of hydrogen-bond acceptors (Lipinski definition) is 5. The molecule has 5 nitrogen and oxygen atoms in total. The van der Waals surface area contributed by atoms with Crippen molar-refractivity contribution in [3.05, 3.63) is 41.2 Å². The molecular weight excluding hydrogens is 461 g/mol. The normalized spacial score (nSPS) is 40.4. The average molecular weight is 493 g/mol. The Labute approximate surface area is 202 Å². The maximum absolute atomic E-state index is 14.0. The van der Waals surface area contributed by atoms with Crippen molar-refractivity contribution < 1.29 is 37.7 Å². The summed E-state index contributed by atoms with van der Waals surface area (Å²) < 4.78 is 46.2. The molecule has 0 spiro atoms. The van der Waals surface area contributed by atoms with Crippen molar-refractivity contribution in [1.82, 2.24) is 0 Å². The highest BCUT2D eigenvalue weighted by atomic mass is 19.1. The molecule has 0 saturated heterocycles.